The van der Waals surface area contributed by atoms with Crippen molar-refractivity contribution < 1.29 is 4.79 Å². The number of rotatable bonds is 6. The first-order valence-electron chi connectivity index (χ1n) is 5.61. The summed E-state index contributed by atoms with van der Waals surface area (Å²) in [5.74, 6) is -0.177. The fourth-order valence-electron chi connectivity index (χ4n) is 1.43. The van der Waals surface area contributed by atoms with Gasteiger partial charge in [-0.05, 0) is 37.8 Å². The quantitative estimate of drug-likeness (QED) is 0.627. The Morgan fingerprint density at radius 3 is 2.67 bits per heavy atom. The molecule has 0 bridgehead atoms. The van der Waals surface area contributed by atoms with Crippen LogP contribution in [0.2, 0.25) is 10.0 Å². The van der Waals surface area contributed by atoms with Crippen molar-refractivity contribution in [1.82, 2.24) is 5.32 Å². The smallest absolute Gasteiger partial charge is 0.252 e. The number of hydrogen-bond donors (Lipinski definition) is 2. The molecule has 0 spiro atoms. The van der Waals surface area contributed by atoms with Crippen LogP contribution in [0.15, 0.2) is 17.0 Å². The van der Waals surface area contributed by atoms with Crippen molar-refractivity contribution in [2.75, 3.05) is 19.3 Å². The molecule has 1 rings (SSSR count). The summed E-state index contributed by atoms with van der Waals surface area (Å²) in [7, 11) is 0. The molecule has 18 heavy (non-hydrogen) atoms. The summed E-state index contributed by atoms with van der Waals surface area (Å²) >= 11 is 13.5. The van der Waals surface area contributed by atoms with Gasteiger partial charge in [0, 0.05) is 11.4 Å². The molecule has 0 aliphatic rings. The normalized spacial score (nSPS) is 10.4. The molecule has 0 aliphatic carbocycles. The molecule has 0 aliphatic heterocycles. The summed E-state index contributed by atoms with van der Waals surface area (Å²) in [6.45, 7) is 1.23. The van der Waals surface area contributed by atoms with Gasteiger partial charge in [0.2, 0.25) is 0 Å². The van der Waals surface area contributed by atoms with Crippen LogP contribution < -0.4 is 11.1 Å². The van der Waals surface area contributed by atoms with Gasteiger partial charge in [-0.1, -0.05) is 23.2 Å². The van der Waals surface area contributed by atoms with E-state index < -0.39 is 0 Å². The monoisotopic (exact) mass is 306 g/mol. The Hall–Kier alpha value is -0.420. The van der Waals surface area contributed by atoms with Gasteiger partial charge in [-0.3, -0.25) is 4.79 Å². The fourth-order valence-corrected chi connectivity index (χ4v) is 2.62. The molecule has 1 amide bonds. The fraction of sp³-hybridized carbons (Fsp3) is 0.417. The molecule has 0 atom stereocenters. The van der Waals surface area contributed by atoms with Gasteiger partial charge in [0.15, 0.2) is 0 Å². The van der Waals surface area contributed by atoms with Crippen LogP contribution in [-0.2, 0) is 0 Å². The maximum Gasteiger partial charge on any atom is 0.252 e. The van der Waals surface area contributed by atoms with E-state index in [1.807, 2.05) is 6.26 Å². The molecule has 0 aromatic heterocycles. The number of nitrogens with one attached hydrogen (secondary N) is 1. The van der Waals surface area contributed by atoms with E-state index in [0.717, 1.165) is 17.7 Å². The summed E-state index contributed by atoms with van der Waals surface area (Å²) in [5.41, 5.74) is 5.84. The highest BCUT2D eigenvalue weighted by Crippen LogP contribution is 2.31. The molecule has 100 valence electrons. The number of carbonyl (C=O) groups is 1. The van der Waals surface area contributed by atoms with E-state index in [1.54, 1.807) is 12.1 Å². The Kier molecular flexibility index (Phi) is 6.86. The molecule has 3 nitrogen and oxygen atoms in total. The third kappa shape index (κ3) is 4.35. The number of amides is 1. The van der Waals surface area contributed by atoms with Gasteiger partial charge < -0.3 is 11.1 Å². The lowest BCUT2D eigenvalue weighted by molar-refractivity contribution is 0.0953. The molecule has 1 aromatic carbocycles. The Morgan fingerprint density at radius 1 is 1.33 bits per heavy atom. The first-order valence-corrected chi connectivity index (χ1v) is 7.59. The molecule has 0 saturated heterocycles. The second kappa shape index (κ2) is 7.89. The Balaban J connectivity index is 2.73. The lowest BCUT2D eigenvalue weighted by Gasteiger charge is -2.09. The highest BCUT2D eigenvalue weighted by Gasteiger charge is 2.13. The second-order valence-electron chi connectivity index (χ2n) is 3.72. The molecule has 0 unspecified atom stereocenters. The summed E-state index contributed by atoms with van der Waals surface area (Å²) < 4.78 is 0. The van der Waals surface area contributed by atoms with Gasteiger partial charge in [0.05, 0.1) is 15.6 Å². The third-order valence-electron chi connectivity index (χ3n) is 2.40. The minimum absolute atomic E-state index is 0.177. The maximum atomic E-state index is 11.9. The van der Waals surface area contributed by atoms with Crippen molar-refractivity contribution in [3.05, 3.63) is 27.7 Å². The molecule has 0 fully saturated rings. The Morgan fingerprint density at radius 2 is 2.06 bits per heavy atom. The number of unbranched alkanes of at least 4 members (excludes halogenated alkanes) is 1. The lowest BCUT2D eigenvalue weighted by Crippen LogP contribution is -2.25. The van der Waals surface area contributed by atoms with Gasteiger partial charge in [-0.25, -0.2) is 0 Å². The minimum Gasteiger partial charge on any atom is -0.352 e. The average Bonchev–Trinajstić information content (AvgIpc) is 2.34. The first kappa shape index (κ1) is 15.6. The summed E-state index contributed by atoms with van der Waals surface area (Å²) in [5, 5.41) is 3.75. The SMILES string of the molecule is CSc1cc(C(=O)NCCCCN)c(Cl)cc1Cl. The molecule has 0 heterocycles. The van der Waals surface area contributed by atoms with Crippen LogP contribution in [-0.4, -0.2) is 25.3 Å². The number of nitrogens with two attached hydrogens (primary N) is 1. The highest BCUT2D eigenvalue weighted by atomic mass is 35.5. The van der Waals surface area contributed by atoms with Crippen LogP contribution in [0.3, 0.4) is 0 Å². The summed E-state index contributed by atoms with van der Waals surface area (Å²) in [6, 6.07) is 3.32. The zero-order valence-corrected chi connectivity index (χ0v) is 12.5. The van der Waals surface area contributed by atoms with Crippen LogP contribution in [0, 0.1) is 0 Å². The third-order valence-corrected chi connectivity index (χ3v) is 3.92. The van der Waals surface area contributed by atoms with Crippen LogP contribution >= 0.6 is 35.0 Å². The number of halogens is 2. The van der Waals surface area contributed by atoms with E-state index in [2.05, 4.69) is 5.32 Å². The van der Waals surface area contributed by atoms with Crippen molar-refractivity contribution in [1.29, 1.82) is 0 Å². The van der Waals surface area contributed by atoms with E-state index in [4.69, 9.17) is 28.9 Å². The van der Waals surface area contributed by atoms with Crippen molar-refractivity contribution in [3.63, 3.8) is 0 Å². The average molecular weight is 307 g/mol. The minimum atomic E-state index is -0.177. The molecule has 3 N–H and O–H groups in total. The number of hydrogen-bond acceptors (Lipinski definition) is 3. The van der Waals surface area contributed by atoms with Crippen molar-refractivity contribution in [2.45, 2.75) is 17.7 Å². The molecular weight excluding hydrogens is 291 g/mol. The van der Waals surface area contributed by atoms with E-state index in [-0.39, 0.29) is 5.91 Å². The topological polar surface area (TPSA) is 55.1 Å². The van der Waals surface area contributed by atoms with Crippen LogP contribution in [0.1, 0.15) is 23.2 Å². The van der Waals surface area contributed by atoms with Gasteiger partial charge in [-0.2, -0.15) is 0 Å². The number of carbonyl (C=O) groups excluding carboxylic acids is 1. The van der Waals surface area contributed by atoms with E-state index in [0.29, 0.717) is 28.7 Å². The summed E-state index contributed by atoms with van der Waals surface area (Å²) in [6.07, 6.45) is 3.66. The Bertz CT molecular complexity index is 427. The van der Waals surface area contributed by atoms with Gasteiger partial charge in [0.1, 0.15) is 0 Å². The van der Waals surface area contributed by atoms with Crippen LogP contribution in [0.4, 0.5) is 0 Å². The van der Waals surface area contributed by atoms with Crippen molar-refractivity contribution >= 4 is 40.9 Å². The van der Waals surface area contributed by atoms with Crippen molar-refractivity contribution in [2.24, 2.45) is 5.73 Å². The molecule has 1 aromatic rings. The molecule has 6 heteroatoms. The maximum absolute atomic E-state index is 11.9. The Labute approximate surface area is 121 Å². The molecule has 0 saturated carbocycles. The van der Waals surface area contributed by atoms with E-state index in [9.17, 15) is 4.79 Å². The lowest BCUT2D eigenvalue weighted by atomic mass is 10.2. The number of benzene rings is 1. The predicted molar refractivity (Wildman–Crippen MR) is 78.9 cm³/mol. The standard InChI is InChI=1S/C12H16Cl2N2OS/c1-18-11-6-8(9(13)7-10(11)14)12(17)16-5-3-2-4-15/h6-7H,2-5,15H2,1H3,(H,16,17). The van der Waals surface area contributed by atoms with E-state index >= 15 is 0 Å². The van der Waals surface area contributed by atoms with E-state index in [1.165, 1.54) is 11.8 Å². The number of thioether (sulfide) groups is 1. The molecular formula is C12H16Cl2N2OS. The van der Waals surface area contributed by atoms with Crippen LogP contribution in [0.25, 0.3) is 0 Å². The molecule has 0 radical (unpaired) electrons. The van der Waals surface area contributed by atoms with Gasteiger partial charge >= 0.3 is 0 Å². The first-order chi connectivity index (χ1) is 8.60. The zero-order chi connectivity index (χ0) is 13.5. The second-order valence-corrected chi connectivity index (χ2v) is 5.38. The van der Waals surface area contributed by atoms with Crippen LogP contribution in [0.5, 0.6) is 0 Å². The van der Waals surface area contributed by atoms with Gasteiger partial charge in [-0.15, -0.1) is 11.8 Å². The summed E-state index contributed by atoms with van der Waals surface area (Å²) in [4.78, 5) is 12.8. The van der Waals surface area contributed by atoms with Crippen molar-refractivity contribution in [3.8, 4) is 0 Å². The largest absolute Gasteiger partial charge is 0.352 e. The zero-order valence-electron chi connectivity index (χ0n) is 10.1. The predicted octanol–water partition coefficient (Wildman–Crippen LogP) is 3.18. The van der Waals surface area contributed by atoms with Gasteiger partial charge in [0.25, 0.3) is 5.91 Å². The highest BCUT2D eigenvalue weighted by molar-refractivity contribution is 7.98.